The van der Waals surface area contributed by atoms with Gasteiger partial charge in [-0.05, 0) is 42.0 Å². The summed E-state index contributed by atoms with van der Waals surface area (Å²) < 4.78 is 42.5. The number of hydrogen-bond acceptors (Lipinski definition) is 3. The van der Waals surface area contributed by atoms with E-state index < -0.39 is 17.6 Å². The zero-order valence-electron chi connectivity index (χ0n) is 13.0. The summed E-state index contributed by atoms with van der Waals surface area (Å²) in [7, 11) is 0. The molecule has 0 saturated carbocycles. The molecule has 25 heavy (non-hydrogen) atoms. The number of halogens is 3. The van der Waals surface area contributed by atoms with Crippen molar-refractivity contribution >= 4 is 17.5 Å². The molecule has 2 rings (SSSR count). The van der Waals surface area contributed by atoms with Crippen molar-refractivity contribution < 1.29 is 27.5 Å². The molecule has 0 aliphatic carbocycles. The number of alkyl halides is 3. The highest BCUT2D eigenvalue weighted by atomic mass is 19.4. The lowest BCUT2D eigenvalue weighted by atomic mass is 10.1. The molecular formula is C17H15F3N2O3. The van der Waals surface area contributed by atoms with E-state index in [4.69, 9.17) is 10.5 Å². The summed E-state index contributed by atoms with van der Waals surface area (Å²) in [6.07, 6.45) is -4.46. The third kappa shape index (κ3) is 5.83. The number of amides is 2. The van der Waals surface area contributed by atoms with E-state index in [1.54, 1.807) is 24.3 Å². The summed E-state index contributed by atoms with van der Waals surface area (Å²) in [6, 6.07) is 10.7. The van der Waals surface area contributed by atoms with Gasteiger partial charge < -0.3 is 15.8 Å². The summed E-state index contributed by atoms with van der Waals surface area (Å²) in [6.45, 7) is -0.250. The van der Waals surface area contributed by atoms with E-state index in [0.29, 0.717) is 17.0 Å². The molecule has 0 aliphatic rings. The number of primary amides is 1. The van der Waals surface area contributed by atoms with Crippen LogP contribution in [0.15, 0.2) is 48.5 Å². The van der Waals surface area contributed by atoms with Crippen LogP contribution >= 0.6 is 0 Å². The number of carbonyl (C=O) groups excluding carboxylic acids is 2. The highest BCUT2D eigenvalue weighted by Crippen LogP contribution is 2.29. The summed E-state index contributed by atoms with van der Waals surface area (Å²) in [5.41, 5.74) is 5.15. The Morgan fingerprint density at radius 3 is 2.12 bits per heavy atom. The molecular weight excluding hydrogens is 337 g/mol. The molecule has 2 aromatic rings. The van der Waals surface area contributed by atoms with Crippen LogP contribution in [0, 0.1) is 0 Å². The maximum Gasteiger partial charge on any atom is 0.416 e. The topological polar surface area (TPSA) is 81.4 Å². The van der Waals surface area contributed by atoms with Gasteiger partial charge in [0.25, 0.3) is 5.91 Å². The van der Waals surface area contributed by atoms with E-state index in [9.17, 15) is 22.8 Å². The zero-order chi connectivity index (χ0) is 18.4. The van der Waals surface area contributed by atoms with Crippen molar-refractivity contribution in [2.45, 2.75) is 12.6 Å². The number of nitrogens with two attached hydrogens (primary N) is 1. The summed E-state index contributed by atoms with van der Waals surface area (Å²) in [5, 5.41) is 2.62. The van der Waals surface area contributed by atoms with Crippen LogP contribution in [0.3, 0.4) is 0 Å². The Morgan fingerprint density at radius 2 is 1.60 bits per heavy atom. The monoisotopic (exact) mass is 352 g/mol. The minimum absolute atomic E-state index is 0.0575. The summed E-state index contributed by atoms with van der Waals surface area (Å²) in [5.74, 6) is -0.556. The normalized spacial score (nSPS) is 11.0. The molecule has 0 bridgehead atoms. The lowest BCUT2D eigenvalue weighted by Crippen LogP contribution is -2.20. The quantitative estimate of drug-likeness (QED) is 0.839. The maximum absolute atomic E-state index is 12.5. The average Bonchev–Trinajstić information content (AvgIpc) is 2.53. The van der Waals surface area contributed by atoms with Crippen LogP contribution in [0.2, 0.25) is 0 Å². The van der Waals surface area contributed by atoms with Gasteiger partial charge >= 0.3 is 6.18 Å². The van der Waals surface area contributed by atoms with Crippen LogP contribution in [0.25, 0.3) is 0 Å². The van der Waals surface area contributed by atoms with Gasteiger partial charge in [-0.3, -0.25) is 9.59 Å². The molecule has 0 radical (unpaired) electrons. The summed E-state index contributed by atoms with van der Waals surface area (Å²) in [4.78, 5) is 22.6. The van der Waals surface area contributed by atoms with Crippen molar-refractivity contribution in [2.75, 3.05) is 11.9 Å². The number of ether oxygens (including phenoxy) is 1. The zero-order valence-corrected chi connectivity index (χ0v) is 13.0. The molecule has 0 aromatic heterocycles. The third-order valence-electron chi connectivity index (χ3n) is 3.17. The molecule has 0 fully saturated rings. The van der Waals surface area contributed by atoms with E-state index in [1.165, 1.54) is 12.1 Å². The molecule has 0 atom stereocenters. The lowest BCUT2D eigenvalue weighted by molar-refractivity contribution is -0.137. The Bertz CT molecular complexity index is 741. The molecule has 0 saturated heterocycles. The van der Waals surface area contributed by atoms with Crippen LogP contribution in [0.5, 0.6) is 5.75 Å². The van der Waals surface area contributed by atoms with E-state index >= 15 is 0 Å². The van der Waals surface area contributed by atoms with Crippen LogP contribution in [-0.2, 0) is 22.2 Å². The van der Waals surface area contributed by atoms with Crippen molar-refractivity contribution in [3.63, 3.8) is 0 Å². The first kappa shape index (κ1) is 18.3. The molecule has 5 nitrogen and oxygen atoms in total. The fourth-order valence-electron chi connectivity index (χ4n) is 1.99. The van der Waals surface area contributed by atoms with Crippen molar-refractivity contribution in [1.29, 1.82) is 0 Å². The first-order valence-electron chi connectivity index (χ1n) is 7.21. The van der Waals surface area contributed by atoms with Crippen molar-refractivity contribution in [2.24, 2.45) is 5.73 Å². The van der Waals surface area contributed by atoms with Crippen LogP contribution < -0.4 is 15.8 Å². The van der Waals surface area contributed by atoms with E-state index in [-0.39, 0.29) is 18.9 Å². The number of carbonyl (C=O) groups is 2. The second-order valence-electron chi connectivity index (χ2n) is 5.20. The van der Waals surface area contributed by atoms with E-state index in [2.05, 4.69) is 5.32 Å². The molecule has 132 valence electrons. The van der Waals surface area contributed by atoms with Gasteiger partial charge in [-0.25, -0.2) is 0 Å². The van der Waals surface area contributed by atoms with Gasteiger partial charge in [-0.2, -0.15) is 13.2 Å². The molecule has 0 aliphatic heterocycles. The maximum atomic E-state index is 12.5. The molecule has 2 aromatic carbocycles. The number of nitrogens with one attached hydrogen (secondary N) is 1. The van der Waals surface area contributed by atoms with Gasteiger partial charge in [-0.15, -0.1) is 0 Å². The predicted molar refractivity (Wildman–Crippen MR) is 84.9 cm³/mol. The Morgan fingerprint density at radius 1 is 1.00 bits per heavy atom. The Kier molecular flexibility index (Phi) is 5.63. The average molecular weight is 352 g/mol. The molecule has 0 spiro atoms. The Labute approximate surface area is 141 Å². The molecule has 3 N–H and O–H groups in total. The van der Waals surface area contributed by atoms with Crippen LogP contribution in [-0.4, -0.2) is 18.4 Å². The summed E-state index contributed by atoms with van der Waals surface area (Å²) >= 11 is 0. The van der Waals surface area contributed by atoms with Gasteiger partial charge in [0.1, 0.15) is 5.75 Å². The van der Waals surface area contributed by atoms with Gasteiger partial charge in [0.05, 0.1) is 12.0 Å². The van der Waals surface area contributed by atoms with Crippen molar-refractivity contribution in [3.8, 4) is 5.75 Å². The number of rotatable bonds is 6. The lowest BCUT2D eigenvalue weighted by Gasteiger charge is -2.09. The van der Waals surface area contributed by atoms with Crippen molar-refractivity contribution in [1.82, 2.24) is 0 Å². The predicted octanol–water partition coefficient (Wildman–Crippen LogP) is 2.75. The molecule has 2 amide bonds. The first-order valence-corrected chi connectivity index (χ1v) is 7.21. The first-order chi connectivity index (χ1) is 11.7. The highest BCUT2D eigenvalue weighted by molar-refractivity contribution is 5.92. The highest BCUT2D eigenvalue weighted by Gasteiger charge is 2.29. The van der Waals surface area contributed by atoms with Gasteiger partial charge in [0.15, 0.2) is 6.61 Å². The number of benzene rings is 2. The smallest absolute Gasteiger partial charge is 0.416 e. The van der Waals surface area contributed by atoms with Crippen LogP contribution in [0.1, 0.15) is 11.1 Å². The second-order valence-corrected chi connectivity index (χ2v) is 5.20. The Balaban J connectivity index is 1.90. The Hall–Kier alpha value is -3.03. The number of hydrogen-bond donors (Lipinski definition) is 2. The second kappa shape index (κ2) is 7.69. The minimum Gasteiger partial charge on any atom is -0.484 e. The number of anilines is 1. The van der Waals surface area contributed by atoms with Gasteiger partial charge in [0.2, 0.25) is 5.91 Å². The SMILES string of the molecule is NC(=O)COc1ccc(NC(=O)Cc2ccc(C(F)(F)F)cc2)cc1. The standard InChI is InChI=1S/C17H15F3N2O3/c18-17(19,20)12-3-1-11(2-4-12)9-16(24)22-13-5-7-14(8-6-13)25-10-15(21)23/h1-8H,9-10H2,(H2,21,23)(H,22,24). The fraction of sp³-hybridized carbons (Fsp3) is 0.176. The fourth-order valence-corrected chi connectivity index (χ4v) is 1.99. The van der Waals surface area contributed by atoms with Crippen LogP contribution in [0.4, 0.5) is 18.9 Å². The van der Waals surface area contributed by atoms with Gasteiger partial charge in [0, 0.05) is 5.69 Å². The largest absolute Gasteiger partial charge is 0.484 e. The van der Waals surface area contributed by atoms with Gasteiger partial charge in [-0.1, -0.05) is 12.1 Å². The molecule has 0 unspecified atom stereocenters. The van der Waals surface area contributed by atoms with Crippen molar-refractivity contribution in [3.05, 3.63) is 59.7 Å². The van der Waals surface area contributed by atoms with E-state index in [0.717, 1.165) is 12.1 Å². The third-order valence-corrected chi connectivity index (χ3v) is 3.17. The minimum atomic E-state index is -4.40. The van der Waals surface area contributed by atoms with E-state index in [1.807, 2.05) is 0 Å². The molecule has 8 heteroatoms. The molecule has 0 heterocycles.